The van der Waals surface area contributed by atoms with Crippen LogP contribution in [0.15, 0.2) is 5.38 Å². The second kappa shape index (κ2) is 6.26. The van der Waals surface area contributed by atoms with Gasteiger partial charge in [0.25, 0.3) is 5.91 Å². The van der Waals surface area contributed by atoms with Crippen LogP contribution in [0.4, 0.5) is 0 Å². The smallest absolute Gasteiger partial charge is 0.271 e. The van der Waals surface area contributed by atoms with Gasteiger partial charge < -0.3 is 15.2 Å². The Kier molecular flexibility index (Phi) is 4.68. The van der Waals surface area contributed by atoms with Crippen LogP contribution in [0.2, 0.25) is 0 Å². The van der Waals surface area contributed by atoms with Crippen molar-refractivity contribution in [1.29, 1.82) is 0 Å². The van der Waals surface area contributed by atoms with E-state index in [9.17, 15) is 4.79 Å². The fourth-order valence-electron chi connectivity index (χ4n) is 1.85. The number of aliphatic hydroxyl groups is 1. The largest absolute Gasteiger partial charge is 0.394 e. The number of nitrogens with zero attached hydrogens (tertiary/aromatic N) is 1. The lowest BCUT2D eigenvalue weighted by Crippen LogP contribution is -2.37. The second-order valence-corrected chi connectivity index (χ2v) is 5.22. The van der Waals surface area contributed by atoms with Crippen molar-refractivity contribution in [1.82, 2.24) is 10.3 Å². The maximum Gasteiger partial charge on any atom is 0.271 e. The topological polar surface area (TPSA) is 71.5 Å². The van der Waals surface area contributed by atoms with E-state index in [0.29, 0.717) is 12.1 Å². The highest BCUT2D eigenvalue weighted by atomic mass is 32.1. The maximum absolute atomic E-state index is 11.9. The summed E-state index contributed by atoms with van der Waals surface area (Å²) in [4.78, 5) is 16.2. The summed E-state index contributed by atoms with van der Waals surface area (Å²) in [5.41, 5.74) is 0.414. The van der Waals surface area contributed by atoms with Crippen LogP contribution in [0.1, 0.15) is 47.8 Å². The normalized spacial score (nSPS) is 20.9. The minimum Gasteiger partial charge on any atom is -0.394 e. The first-order valence-corrected chi connectivity index (χ1v) is 7.11. The lowest BCUT2D eigenvalue weighted by molar-refractivity contribution is 0.0908. The average molecular weight is 270 g/mol. The lowest BCUT2D eigenvalue weighted by atomic mass is 10.2. The van der Waals surface area contributed by atoms with Crippen LogP contribution >= 0.6 is 11.3 Å². The van der Waals surface area contributed by atoms with Crippen LogP contribution in [-0.2, 0) is 4.74 Å². The molecule has 5 nitrogen and oxygen atoms in total. The Morgan fingerprint density at radius 1 is 1.78 bits per heavy atom. The number of thiazole rings is 1. The van der Waals surface area contributed by atoms with Crippen molar-refractivity contribution in [2.24, 2.45) is 0 Å². The number of hydrogen-bond donors (Lipinski definition) is 2. The molecule has 0 spiro atoms. The molecule has 1 aliphatic rings. The van der Waals surface area contributed by atoms with E-state index in [4.69, 9.17) is 9.84 Å². The second-order valence-electron chi connectivity index (χ2n) is 4.33. The number of aromatic nitrogens is 1. The Bertz CT molecular complexity index is 398. The summed E-state index contributed by atoms with van der Waals surface area (Å²) in [6.45, 7) is 2.64. The first-order chi connectivity index (χ1) is 8.74. The Labute approximate surface area is 110 Å². The number of rotatable bonds is 5. The molecule has 2 atom stereocenters. The van der Waals surface area contributed by atoms with Crippen molar-refractivity contribution >= 4 is 17.2 Å². The van der Waals surface area contributed by atoms with Crippen LogP contribution in [0.3, 0.4) is 0 Å². The SMILES string of the molecule is CCC(CO)NC(=O)c1csc(C2CCCO2)n1. The van der Waals surface area contributed by atoms with Crippen LogP contribution < -0.4 is 5.32 Å². The van der Waals surface area contributed by atoms with E-state index in [1.165, 1.54) is 11.3 Å². The number of carbonyl (C=O) groups excluding carboxylic acids is 1. The van der Waals surface area contributed by atoms with E-state index in [2.05, 4.69) is 10.3 Å². The van der Waals surface area contributed by atoms with Gasteiger partial charge >= 0.3 is 0 Å². The Balaban J connectivity index is 1.98. The van der Waals surface area contributed by atoms with Gasteiger partial charge in [-0.1, -0.05) is 6.92 Å². The van der Waals surface area contributed by atoms with Crippen molar-refractivity contribution in [2.45, 2.75) is 38.3 Å². The van der Waals surface area contributed by atoms with Crippen LogP contribution in [0.5, 0.6) is 0 Å². The van der Waals surface area contributed by atoms with Gasteiger partial charge in [0, 0.05) is 12.0 Å². The van der Waals surface area contributed by atoms with Gasteiger partial charge in [-0.3, -0.25) is 4.79 Å². The third kappa shape index (κ3) is 3.07. The number of ether oxygens (including phenoxy) is 1. The number of aliphatic hydroxyl groups excluding tert-OH is 1. The molecule has 1 aromatic heterocycles. The molecule has 18 heavy (non-hydrogen) atoms. The molecule has 2 N–H and O–H groups in total. The highest BCUT2D eigenvalue weighted by molar-refractivity contribution is 7.09. The van der Waals surface area contributed by atoms with Gasteiger partial charge in [0.15, 0.2) is 0 Å². The first-order valence-electron chi connectivity index (χ1n) is 6.23. The molecule has 0 aromatic carbocycles. The fourth-order valence-corrected chi connectivity index (χ4v) is 2.73. The Morgan fingerprint density at radius 2 is 2.61 bits per heavy atom. The number of nitrogens with one attached hydrogen (secondary N) is 1. The third-order valence-corrected chi connectivity index (χ3v) is 3.94. The Morgan fingerprint density at radius 3 is 3.22 bits per heavy atom. The van der Waals surface area contributed by atoms with Gasteiger partial charge in [0.2, 0.25) is 0 Å². The van der Waals surface area contributed by atoms with Crippen molar-refractivity contribution < 1.29 is 14.6 Å². The van der Waals surface area contributed by atoms with Crippen molar-refractivity contribution in [3.63, 3.8) is 0 Å². The summed E-state index contributed by atoms with van der Waals surface area (Å²) < 4.78 is 5.53. The van der Waals surface area contributed by atoms with Crippen molar-refractivity contribution in [2.75, 3.05) is 13.2 Å². The molecule has 1 fully saturated rings. The summed E-state index contributed by atoms with van der Waals surface area (Å²) >= 11 is 1.46. The van der Waals surface area contributed by atoms with E-state index in [-0.39, 0.29) is 24.7 Å². The molecule has 2 heterocycles. The maximum atomic E-state index is 11.9. The minimum atomic E-state index is -0.226. The zero-order valence-electron chi connectivity index (χ0n) is 10.4. The highest BCUT2D eigenvalue weighted by Gasteiger charge is 2.22. The Hall–Kier alpha value is -0.980. The molecule has 1 amide bonds. The summed E-state index contributed by atoms with van der Waals surface area (Å²) in [6.07, 6.45) is 2.78. The molecular weight excluding hydrogens is 252 g/mol. The van der Waals surface area contributed by atoms with Crippen LogP contribution in [0.25, 0.3) is 0 Å². The third-order valence-electron chi connectivity index (χ3n) is 3.01. The van der Waals surface area contributed by atoms with Gasteiger partial charge in [0.1, 0.15) is 16.8 Å². The highest BCUT2D eigenvalue weighted by Crippen LogP contribution is 2.30. The zero-order chi connectivity index (χ0) is 13.0. The van der Waals surface area contributed by atoms with E-state index in [0.717, 1.165) is 24.5 Å². The van der Waals surface area contributed by atoms with E-state index in [1.54, 1.807) is 5.38 Å². The van der Waals surface area contributed by atoms with Gasteiger partial charge in [-0.2, -0.15) is 0 Å². The predicted octanol–water partition coefficient (Wildman–Crippen LogP) is 1.50. The van der Waals surface area contributed by atoms with Crippen molar-refractivity contribution in [3.8, 4) is 0 Å². The molecule has 0 bridgehead atoms. The molecule has 1 aromatic rings. The van der Waals surface area contributed by atoms with Gasteiger partial charge in [-0.25, -0.2) is 4.98 Å². The molecular formula is C12H18N2O3S. The van der Waals surface area contributed by atoms with E-state index >= 15 is 0 Å². The number of hydrogen-bond acceptors (Lipinski definition) is 5. The minimum absolute atomic E-state index is 0.0506. The quantitative estimate of drug-likeness (QED) is 0.850. The summed E-state index contributed by atoms with van der Waals surface area (Å²) in [5.74, 6) is -0.226. The zero-order valence-corrected chi connectivity index (χ0v) is 11.2. The van der Waals surface area contributed by atoms with E-state index < -0.39 is 0 Å². The fraction of sp³-hybridized carbons (Fsp3) is 0.667. The summed E-state index contributed by atoms with van der Waals surface area (Å²) in [7, 11) is 0. The standard InChI is InChI=1S/C12H18N2O3S/c1-2-8(6-15)13-11(16)9-7-18-12(14-9)10-4-3-5-17-10/h7-8,10,15H,2-6H2,1H3,(H,13,16). The molecule has 2 rings (SSSR count). The average Bonchev–Trinajstić information content (AvgIpc) is 3.04. The van der Waals surface area contributed by atoms with Gasteiger partial charge in [0.05, 0.1) is 12.6 Å². The molecule has 1 saturated heterocycles. The molecule has 0 radical (unpaired) electrons. The van der Waals surface area contributed by atoms with Crippen molar-refractivity contribution in [3.05, 3.63) is 16.1 Å². The van der Waals surface area contributed by atoms with Gasteiger partial charge in [-0.15, -0.1) is 11.3 Å². The molecule has 0 saturated carbocycles. The first kappa shape index (κ1) is 13.5. The predicted molar refractivity (Wildman–Crippen MR) is 68.7 cm³/mol. The summed E-state index contributed by atoms with van der Waals surface area (Å²) in [5, 5.41) is 14.4. The lowest BCUT2D eigenvalue weighted by Gasteiger charge is -2.12. The molecule has 2 unspecified atom stereocenters. The monoisotopic (exact) mass is 270 g/mol. The summed E-state index contributed by atoms with van der Waals surface area (Å²) in [6, 6.07) is -0.203. The molecule has 100 valence electrons. The number of amides is 1. The molecule has 1 aliphatic heterocycles. The number of carbonyl (C=O) groups is 1. The molecule has 0 aliphatic carbocycles. The van der Waals surface area contributed by atoms with Crippen LogP contribution in [0, 0.1) is 0 Å². The van der Waals surface area contributed by atoms with Crippen LogP contribution in [-0.4, -0.2) is 35.3 Å². The van der Waals surface area contributed by atoms with E-state index in [1.807, 2.05) is 6.92 Å². The molecule has 6 heteroatoms. The van der Waals surface area contributed by atoms with Gasteiger partial charge in [-0.05, 0) is 19.3 Å².